The van der Waals surface area contributed by atoms with Crippen LogP contribution in [-0.4, -0.2) is 59.4 Å². The lowest BCUT2D eigenvalue weighted by Gasteiger charge is -2.46. The average Bonchev–Trinajstić information content (AvgIpc) is 2.79. The maximum absolute atomic E-state index is 12.0. The first kappa shape index (κ1) is 15.3. The summed E-state index contributed by atoms with van der Waals surface area (Å²) in [6.07, 6.45) is 7.40. The van der Waals surface area contributed by atoms with E-state index in [-0.39, 0.29) is 11.2 Å². The second-order valence-corrected chi connectivity index (χ2v) is 6.98. The van der Waals surface area contributed by atoms with Crippen LogP contribution in [0.1, 0.15) is 36.9 Å². The molecule has 0 bridgehead atoms. The molecule has 0 radical (unpaired) electrons. The molecule has 1 atom stereocenters. The van der Waals surface area contributed by atoms with Crippen LogP contribution in [0.4, 0.5) is 0 Å². The fraction of sp³-hybridized carbons (Fsp3) is 0.765. The monoisotopic (exact) mass is 319 g/mol. The second-order valence-electron chi connectivity index (χ2n) is 6.98. The first-order valence-corrected chi connectivity index (χ1v) is 8.77. The third-order valence-electron chi connectivity index (χ3n) is 5.71. The molecule has 3 aliphatic rings. The summed E-state index contributed by atoms with van der Waals surface area (Å²) in [7, 11) is 0. The molecule has 1 aromatic rings. The number of ether oxygens (including phenoxy) is 2. The van der Waals surface area contributed by atoms with Gasteiger partial charge in [-0.3, -0.25) is 9.69 Å². The van der Waals surface area contributed by atoms with Gasteiger partial charge < -0.3 is 14.5 Å². The van der Waals surface area contributed by atoms with Gasteiger partial charge in [0, 0.05) is 50.9 Å². The van der Waals surface area contributed by atoms with E-state index in [1.165, 1.54) is 6.33 Å². The highest BCUT2D eigenvalue weighted by Crippen LogP contribution is 2.36. The number of fused-ring (bicyclic) bond motifs is 1. The van der Waals surface area contributed by atoms with E-state index in [0.717, 1.165) is 82.7 Å². The van der Waals surface area contributed by atoms with Gasteiger partial charge in [-0.1, -0.05) is 0 Å². The molecule has 6 nitrogen and oxygen atoms in total. The number of nitrogens with zero attached hydrogens (tertiary/aromatic N) is 2. The Balaban J connectivity index is 1.47. The standard InChI is InChI=1S/C17H25N3O3/c21-16-14-1-6-20(7-2-15(14)18-12-19-16)13-3-8-23-17(11-13)4-9-22-10-5-17/h12-13H,1-11H2,(H,18,19,21). The zero-order valence-electron chi connectivity index (χ0n) is 13.6. The van der Waals surface area contributed by atoms with Gasteiger partial charge in [0.2, 0.25) is 0 Å². The molecular formula is C17H25N3O3. The van der Waals surface area contributed by atoms with Gasteiger partial charge in [0.05, 0.1) is 17.6 Å². The molecule has 0 amide bonds. The SMILES string of the molecule is O=c1[nH]cnc2c1CCN(C1CCOC3(CCOCC3)C1)CC2. The van der Waals surface area contributed by atoms with Crippen molar-refractivity contribution in [2.75, 3.05) is 32.9 Å². The van der Waals surface area contributed by atoms with Crippen LogP contribution >= 0.6 is 0 Å². The number of H-pyrrole nitrogens is 1. The number of nitrogens with one attached hydrogen (secondary N) is 1. The Labute approximate surface area is 136 Å². The molecule has 1 aromatic heterocycles. The van der Waals surface area contributed by atoms with E-state index < -0.39 is 0 Å². The minimum Gasteiger partial charge on any atom is -0.381 e. The van der Waals surface area contributed by atoms with Crippen LogP contribution in [0.2, 0.25) is 0 Å². The van der Waals surface area contributed by atoms with E-state index in [2.05, 4.69) is 14.9 Å². The van der Waals surface area contributed by atoms with Crippen molar-refractivity contribution in [3.05, 3.63) is 27.9 Å². The van der Waals surface area contributed by atoms with Crippen LogP contribution in [0.5, 0.6) is 0 Å². The number of hydrogen-bond donors (Lipinski definition) is 1. The Bertz CT molecular complexity index is 604. The largest absolute Gasteiger partial charge is 0.381 e. The Morgan fingerprint density at radius 2 is 2.04 bits per heavy atom. The highest BCUT2D eigenvalue weighted by Gasteiger charge is 2.40. The predicted molar refractivity (Wildman–Crippen MR) is 85.6 cm³/mol. The molecule has 2 saturated heterocycles. The number of rotatable bonds is 1. The molecule has 4 rings (SSSR count). The summed E-state index contributed by atoms with van der Waals surface area (Å²) in [5.41, 5.74) is 1.91. The van der Waals surface area contributed by atoms with Gasteiger partial charge in [-0.15, -0.1) is 0 Å². The van der Waals surface area contributed by atoms with Gasteiger partial charge in [0.15, 0.2) is 0 Å². The molecule has 0 aliphatic carbocycles. The van der Waals surface area contributed by atoms with E-state index in [1.807, 2.05) is 0 Å². The lowest BCUT2D eigenvalue weighted by atomic mass is 9.83. The third-order valence-corrected chi connectivity index (χ3v) is 5.71. The van der Waals surface area contributed by atoms with Gasteiger partial charge in [0.1, 0.15) is 0 Å². The van der Waals surface area contributed by atoms with E-state index in [1.54, 1.807) is 0 Å². The van der Waals surface area contributed by atoms with Crippen LogP contribution in [0.15, 0.2) is 11.1 Å². The minimum absolute atomic E-state index is 0.0239. The summed E-state index contributed by atoms with van der Waals surface area (Å²) in [4.78, 5) is 21.6. The van der Waals surface area contributed by atoms with Crippen molar-refractivity contribution in [1.82, 2.24) is 14.9 Å². The van der Waals surface area contributed by atoms with E-state index in [4.69, 9.17) is 9.47 Å². The number of aromatic amines is 1. The van der Waals surface area contributed by atoms with Gasteiger partial charge in [-0.25, -0.2) is 4.98 Å². The smallest absolute Gasteiger partial charge is 0.254 e. The summed E-state index contributed by atoms with van der Waals surface area (Å²) >= 11 is 0. The average molecular weight is 319 g/mol. The van der Waals surface area contributed by atoms with Crippen LogP contribution in [-0.2, 0) is 22.3 Å². The summed E-state index contributed by atoms with van der Waals surface area (Å²) in [5, 5.41) is 0. The lowest BCUT2D eigenvalue weighted by Crippen LogP contribution is -2.51. The van der Waals surface area contributed by atoms with Crippen molar-refractivity contribution in [2.24, 2.45) is 0 Å². The van der Waals surface area contributed by atoms with Crippen LogP contribution < -0.4 is 5.56 Å². The quantitative estimate of drug-likeness (QED) is 0.833. The van der Waals surface area contributed by atoms with Crippen molar-refractivity contribution < 1.29 is 9.47 Å². The summed E-state index contributed by atoms with van der Waals surface area (Å²) in [6.45, 7) is 4.40. The van der Waals surface area contributed by atoms with Gasteiger partial charge in [0.25, 0.3) is 5.56 Å². The second kappa shape index (κ2) is 6.34. The van der Waals surface area contributed by atoms with Gasteiger partial charge in [-0.2, -0.15) is 0 Å². The van der Waals surface area contributed by atoms with Crippen molar-refractivity contribution in [3.8, 4) is 0 Å². The molecule has 2 fully saturated rings. The first-order chi connectivity index (χ1) is 11.3. The molecule has 126 valence electrons. The topological polar surface area (TPSA) is 67.5 Å². The van der Waals surface area contributed by atoms with Crippen LogP contribution in [0, 0.1) is 0 Å². The van der Waals surface area contributed by atoms with E-state index in [9.17, 15) is 4.79 Å². The molecule has 23 heavy (non-hydrogen) atoms. The molecular weight excluding hydrogens is 294 g/mol. The molecule has 0 saturated carbocycles. The normalized spacial score (nSPS) is 28.3. The third kappa shape index (κ3) is 3.07. The van der Waals surface area contributed by atoms with Crippen molar-refractivity contribution in [1.29, 1.82) is 0 Å². The maximum Gasteiger partial charge on any atom is 0.254 e. The summed E-state index contributed by atoms with van der Waals surface area (Å²) < 4.78 is 11.7. The first-order valence-electron chi connectivity index (χ1n) is 8.77. The van der Waals surface area contributed by atoms with Crippen LogP contribution in [0.3, 0.4) is 0 Å². The molecule has 6 heteroatoms. The summed E-state index contributed by atoms with van der Waals surface area (Å²) in [6, 6.07) is 0.551. The van der Waals surface area contributed by atoms with E-state index in [0.29, 0.717) is 6.04 Å². The van der Waals surface area contributed by atoms with Crippen LogP contribution in [0.25, 0.3) is 0 Å². The zero-order valence-corrected chi connectivity index (χ0v) is 13.6. The highest BCUT2D eigenvalue weighted by atomic mass is 16.5. The Hall–Kier alpha value is -1.24. The van der Waals surface area contributed by atoms with Gasteiger partial charge in [-0.05, 0) is 32.1 Å². The van der Waals surface area contributed by atoms with Crippen molar-refractivity contribution in [3.63, 3.8) is 0 Å². The summed E-state index contributed by atoms with van der Waals surface area (Å²) in [5.74, 6) is 0. The van der Waals surface area contributed by atoms with E-state index >= 15 is 0 Å². The lowest BCUT2D eigenvalue weighted by molar-refractivity contribution is -0.151. The minimum atomic E-state index is 0.0239. The number of hydrogen-bond acceptors (Lipinski definition) is 5. The fourth-order valence-corrected chi connectivity index (χ4v) is 4.33. The number of aromatic nitrogens is 2. The maximum atomic E-state index is 12.0. The predicted octanol–water partition coefficient (Wildman–Crippen LogP) is 0.899. The van der Waals surface area contributed by atoms with Crippen molar-refractivity contribution >= 4 is 0 Å². The Morgan fingerprint density at radius 1 is 1.22 bits per heavy atom. The fourth-order valence-electron chi connectivity index (χ4n) is 4.33. The molecule has 3 aliphatic heterocycles. The zero-order chi connectivity index (χ0) is 15.7. The molecule has 1 N–H and O–H groups in total. The molecule has 0 aromatic carbocycles. The Morgan fingerprint density at radius 3 is 2.91 bits per heavy atom. The Kier molecular flexibility index (Phi) is 4.22. The molecule has 1 unspecified atom stereocenters. The highest BCUT2D eigenvalue weighted by molar-refractivity contribution is 5.18. The molecule has 1 spiro atoms. The van der Waals surface area contributed by atoms with Gasteiger partial charge >= 0.3 is 0 Å². The molecule has 4 heterocycles. The van der Waals surface area contributed by atoms with Crippen molar-refractivity contribution in [2.45, 2.75) is 50.2 Å².